The van der Waals surface area contributed by atoms with Gasteiger partial charge in [0.2, 0.25) is 0 Å². The third-order valence-electron chi connectivity index (χ3n) is 2.12. The normalized spacial score (nSPS) is 12.2. The van der Waals surface area contributed by atoms with E-state index in [2.05, 4.69) is 5.32 Å². The van der Waals surface area contributed by atoms with Gasteiger partial charge in [0.05, 0.1) is 15.6 Å². The summed E-state index contributed by atoms with van der Waals surface area (Å²) in [7, 11) is 0. The molecule has 1 atom stereocenters. The summed E-state index contributed by atoms with van der Waals surface area (Å²) in [6, 6.07) is 4.98. The molecule has 1 unspecified atom stereocenters. The van der Waals surface area contributed by atoms with E-state index in [-0.39, 0.29) is 17.0 Å². The van der Waals surface area contributed by atoms with Gasteiger partial charge in [-0.05, 0) is 25.5 Å². The highest BCUT2D eigenvalue weighted by molar-refractivity contribution is 6.43. The Balaban J connectivity index is 2.77. The number of hydrogen-bond donors (Lipinski definition) is 1. The molecule has 1 rings (SSSR count). The Hall–Kier alpha value is -0.440. The lowest BCUT2D eigenvalue weighted by molar-refractivity contribution is 0.0939. The summed E-state index contributed by atoms with van der Waals surface area (Å²) in [6.45, 7) is 1.89. The maximum absolute atomic E-state index is 11.8. The minimum Gasteiger partial charge on any atom is -0.349 e. The zero-order chi connectivity index (χ0) is 12.1. The number of nitrogens with one attached hydrogen (secondary N) is 1. The molecule has 0 saturated heterocycles. The lowest BCUT2D eigenvalue weighted by Crippen LogP contribution is -2.33. The van der Waals surface area contributed by atoms with Crippen molar-refractivity contribution in [1.29, 1.82) is 0 Å². The lowest BCUT2D eigenvalue weighted by atomic mass is 10.2. The van der Waals surface area contributed by atoms with Crippen LogP contribution in [0.5, 0.6) is 0 Å². The molecule has 1 aromatic carbocycles. The van der Waals surface area contributed by atoms with Gasteiger partial charge in [-0.2, -0.15) is 0 Å². The summed E-state index contributed by atoms with van der Waals surface area (Å²) in [5, 5.41) is 3.45. The molecular formula is C11H12Cl3NO. The lowest BCUT2D eigenvalue weighted by Gasteiger charge is -2.13. The van der Waals surface area contributed by atoms with Crippen LogP contribution in [0.25, 0.3) is 0 Å². The Morgan fingerprint density at radius 2 is 2.12 bits per heavy atom. The van der Waals surface area contributed by atoms with Crippen molar-refractivity contribution in [2.45, 2.75) is 19.4 Å². The van der Waals surface area contributed by atoms with Crippen LogP contribution in [-0.4, -0.2) is 17.8 Å². The van der Waals surface area contributed by atoms with Crippen LogP contribution in [-0.2, 0) is 0 Å². The average Bonchev–Trinajstić information content (AvgIpc) is 2.22. The summed E-state index contributed by atoms with van der Waals surface area (Å²) in [4.78, 5) is 11.8. The van der Waals surface area contributed by atoms with Gasteiger partial charge >= 0.3 is 0 Å². The van der Waals surface area contributed by atoms with E-state index in [0.29, 0.717) is 22.9 Å². The first kappa shape index (κ1) is 13.6. The SMILES string of the molecule is CC(CCCl)NC(=O)c1cccc(Cl)c1Cl. The molecule has 1 aromatic rings. The number of carbonyl (C=O) groups excluding carboxylic acids is 1. The van der Waals surface area contributed by atoms with Crippen molar-refractivity contribution in [2.24, 2.45) is 0 Å². The van der Waals surface area contributed by atoms with Crippen LogP contribution in [0.15, 0.2) is 18.2 Å². The van der Waals surface area contributed by atoms with E-state index in [1.807, 2.05) is 6.92 Å². The zero-order valence-corrected chi connectivity index (χ0v) is 11.0. The maximum atomic E-state index is 11.8. The van der Waals surface area contributed by atoms with E-state index in [9.17, 15) is 4.79 Å². The van der Waals surface area contributed by atoms with Crippen molar-refractivity contribution in [3.63, 3.8) is 0 Å². The smallest absolute Gasteiger partial charge is 0.253 e. The predicted octanol–water partition coefficient (Wildman–Crippen LogP) is 3.74. The van der Waals surface area contributed by atoms with Crippen molar-refractivity contribution in [1.82, 2.24) is 5.32 Å². The average molecular weight is 281 g/mol. The Kier molecular flexibility index (Phi) is 5.39. The summed E-state index contributed by atoms with van der Waals surface area (Å²) in [6.07, 6.45) is 0.714. The third kappa shape index (κ3) is 3.55. The number of amides is 1. The zero-order valence-electron chi connectivity index (χ0n) is 8.77. The highest BCUT2D eigenvalue weighted by Crippen LogP contribution is 2.25. The van der Waals surface area contributed by atoms with Crippen molar-refractivity contribution in [3.8, 4) is 0 Å². The number of benzene rings is 1. The fraction of sp³-hybridized carbons (Fsp3) is 0.364. The predicted molar refractivity (Wildman–Crippen MR) is 68.7 cm³/mol. The Morgan fingerprint density at radius 1 is 1.44 bits per heavy atom. The molecule has 0 heterocycles. The van der Waals surface area contributed by atoms with Gasteiger partial charge in [0.15, 0.2) is 0 Å². The first-order valence-corrected chi connectivity index (χ1v) is 6.16. The fourth-order valence-electron chi connectivity index (χ4n) is 1.22. The monoisotopic (exact) mass is 279 g/mol. The molecule has 0 bridgehead atoms. The molecule has 5 heteroatoms. The summed E-state index contributed by atoms with van der Waals surface area (Å²) < 4.78 is 0. The highest BCUT2D eigenvalue weighted by atomic mass is 35.5. The number of alkyl halides is 1. The molecule has 2 nitrogen and oxygen atoms in total. The van der Waals surface area contributed by atoms with Gasteiger partial charge in [-0.3, -0.25) is 4.79 Å². The number of carbonyl (C=O) groups is 1. The fourth-order valence-corrected chi connectivity index (χ4v) is 1.93. The van der Waals surface area contributed by atoms with Crippen LogP contribution in [0.2, 0.25) is 10.0 Å². The highest BCUT2D eigenvalue weighted by Gasteiger charge is 2.14. The first-order chi connectivity index (χ1) is 7.56. The molecule has 0 aliphatic rings. The Bertz CT molecular complexity index is 381. The largest absolute Gasteiger partial charge is 0.349 e. The van der Waals surface area contributed by atoms with Gasteiger partial charge in [0, 0.05) is 11.9 Å². The number of rotatable bonds is 4. The summed E-state index contributed by atoms with van der Waals surface area (Å²) in [5.41, 5.74) is 0.385. The van der Waals surface area contributed by atoms with E-state index in [4.69, 9.17) is 34.8 Å². The van der Waals surface area contributed by atoms with E-state index < -0.39 is 0 Å². The van der Waals surface area contributed by atoms with Gasteiger partial charge in [-0.15, -0.1) is 11.6 Å². The second-order valence-electron chi connectivity index (χ2n) is 3.45. The maximum Gasteiger partial charge on any atom is 0.253 e. The molecule has 1 amide bonds. The molecule has 0 aromatic heterocycles. The topological polar surface area (TPSA) is 29.1 Å². The second kappa shape index (κ2) is 6.33. The third-order valence-corrected chi connectivity index (χ3v) is 3.15. The van der Waals surface area contributed by atoms with E-state index in [0.717, 1.165) is 0 Å². The van der Waals surface area contributed by atoms with Crippen molar-refractivity contribution in [3.05, 3.63) is 33.8 Å². The van der Waals surface area contributed by atoms with Crippen LogP contribution in [0.3, 0.4) is 0 Å². The molecule has 0 spiro atoms. The standard InChI is InChI=1S/C11H12Cl3NO/c1-7(5-6-12)15-11(16)8-3-2-4-9(13)10(8)14/h2-4,7H,5-6H2,1H3,(H,15,16). The molecule has 16 heavy (non-hydrogen) atoms. The van der Waals surface area contributed by atoms with Crippen LogP contribution in [0.4, 0.5) is 0 Å². The molecule has 0 aliphatic carbocycles. The summed E-state index contributed by atoms with van der Waals surface area (Å²) in [5.74, 6) is 0.273. The van der Waals surface area contributed by atoms with Crippen LogP contribution in [0, 0.1) is 0 Å². The van der Waals surface area contributed by atoms with Crippen LogP contribution >= 0.6 is 34.8 Å². The number of halogens is 3. The van der Waals surface area contributed by atoms with Crippen LogP contribution in [0.1, 0.15) is 23.7 Å². The molecule has 88 valence electrons. The molecule has 1 N–H and O–H groups in total. The van der Waals surface area contributed by atoms with E-state index >= 15 is 0 Å². The molecule has 0 radical (unpaired) electrons. The van der Waals surface area contributed by atoms with Gasteiger partial charge < -0.3 is 5.32 Å². The van der Waals surface area contributed by atoms with Crippen molar-refractivity contribution < 1.29 is 4.79 Å². The molecule has 0 fully saturated rings. The van der Waals surface area contributed by atoms with E-state index in [1.165, 1.54) is 0 Å². The number of hydrogen-bond acceptors (Lipinski definition) is 1. The van der Waals surface area contributed by atoms with Crippen molar-refractivity contribution in [2.75, 3.05) is 5.88 Å². The van der Waals surface area contributed by atoms with Gasteiger partial charge in [-0.1, -0.05) is 29.3 Å². The quantitative estimate of drug-likeness (QED) is 0.836. The van der Waals surface area contributed by atoms with E-state index in [1.54, 1.807) is 18.2 Å². The Labute approximate surface area is 110 Å². The van der Waals surface area contributed by atoms with Gasteiger partial charge in [0.25, 0.3) is 5.91 Å². The van der Waals surface area contributed by atoms with Gasteiger partial charge in [0.1, 0.15) is 0 Å². The van der Waals surface area contributed by atoms with Gasteiger partial charge in [-0.25, -0.2) is 0 Å². The minimum atomic E-state index is -0.231. The minimum absolute atomic E-state index is 0.0139. The van der Waals surface area contributed by atoms with Crippen LogP contribution < -0.4 is 5.32 Å². The summed E-state index contributed by atoms with van der Waals surface area (Å²) >= 11 is 17.3. The second-order valence-corrected chi connectivity index (χ2v) is 4.62. The molecule has 0 aliphatic heterocycles. The van der Waals surface area contributed by atoms with Crippen molar-refractivity contribution >= 4 is 40.7 Å². The Morgan fingerprint density at radius 3 is 2.75 bits per heavy atom. The molecule has 0 saturated carbocycles. The first-order valence-electron chi connectivity index (χ1n) is 4.87. The molecular weight excluding hydrogens is 268 g/mol.